The van der Waals surface area contributed by atoms with Gasteiger partial charge in [-0.3, -0.25) is 9.59 Å². The summed E-state index contributed by atoms with van der Waals surface area (Å²) < 4.78 is 28.6. The van der Waals surface area contributed by atoms with Gasteiger partial charge in [0.1, 0.15) is 19.5 Å². The highest BCUT2D eigenvalue weighted by Gasteiger charge is 2.20. The third-order valence-corrected chi connectivity index (χ3v) is 5.04. The molecule has 1 amide bonds. The number of esters is 1. The van der Waals surface area contributed by atoms with Crippen molar-refractivity contribution in [1.82, 2.24) is 4.57 Å². The van der Waals surface area contributed by atoms with E-state index in [2.05, 4.69) is 4.99 Å². The molecule has 1 aromatic carbocycles. The van der Waals surface area contributed by atoms with Crippen LogP contribution < -0.4 is 14.3 Å². The molecule has 0 N–H and O–H groups in total. The van der Waals surface area contributed by atoms with Crippen molar-refractivity contribution in [2.75, 3.05) is 27.1 Å². The Kier molecular flexibility index (Phi) is 4.71. The molecule has 0 bridgehead atoms. The molecular formula is C17H16N2O7S. The molecule has 27 heavy (non-hydrogen) atoms. The SMILES string of the molecule is COC(=O)CCn1c(=NC(=O)C2=COCCO2)sc2cc3c(cc21)OCO3. The number of hydrogen-bond donors (Lipinski definition) is 0. The first-order chi connectivity index (χ1) is 13.2. The highest BCUT2D eigenvalue weighted by atomic mass is 32.1. The predicted molar refractivity (Wildman–Crippen MR) is 93.1 cm³/mol. The van der Waals surface area contributed by atoms with E-state index >= 15 is 0 Å². The second kappa shape index (κ2) is 7.31. The van der Waals surface area contributed by atoms with Crippen molar-refractivity contribution in [3.63, 3.8) is 0 Å². The lowest BCUT2D eigenvalue weighted by Gasteiger charge is -2.12. The van der Waals surface area contributed by atoms with Crippen LogP contribution in [-0.2, 0) is 30.3 Å². The normalized spacial score (nSPS) is 15.9. The molecule has 0 fully saturated rings. The number of nitrogens with zero attached hydrogens (tertiary/aromatic N) is 2. The second-order valence-corrected chi connectivity index (χ2v) is 6.66. The number of fused-ring (bicyclic) bond motifs is 2. The number of ether oxygens (including phenoxy) is 5. The van der Waals surface area contributed by atoms with E-state index in [1.807, 2.05) is 12.1 Å². The van der Waals surface area contributed by atoms with Crippen molar-refractivity contribution in [2.24, 2.45) is 4.99 Å². The molecule has 1 aromatic heterocycles. The Morgan fingerprint density at radius 3 is 2.78 bits per heavy atom. The number of aryl methyl sites for hydroxylation is 1. The van der Waals surface area contributed by atoms with Gasteiger partial charge in [0.2, 0.25) is 12.6 Å². The minimum atomic E-state index is -0.548. The first-order valence-corrected chi connectivity index (χ1v) is 9.01. The van der Waals surface area contributed by atoms with Crippen LogP contribution in [0.25, 0.3) is 10.2 Å². The van der Waals surface area contributed by atoms with Gasteiger partial charge in [0.05, 0.1) is 23.7 Å². The monoisotopic (exact) mass is 392 g/mol. The van der Waals surface area contributed by atoms with Gasteiger partial charge in [-0.25, -0.2) is 0 Å². The summed E-state index contributed by atoms with van der Waals surface area (Å²) in [6.07, 6.45) is 1.40. The molecule has 4 rings (SSSR count). The molecule has 2 aromatic rings. The van der Waals surface area contributed by atoms with Gasteiger partial charge in [-0.1, -0.05) is 11.3 Å². The quantitative estimate of drug-likeness (QED) is 0.724. The first kappa shape index (κ1) is 17.4. The molecule has 0 saturated carbocycles. The van der Waals surface area contributed by atoms with Gasteiger partial charge in [-0.05, 0) is 0 Å². The highest BCUT2D eigenvalue weighted by Crippen LogP contribution is 2.37. The van der Waals surface area contributed by atoms with Gasteiger partial charge in [0.25, 0.3) is 0 Å². The number of methoxy groups -OCH3 is 1. The summed E-state index contributed by atoms with van der Waals surface area (Å²) >= 11 is 1.31. The summed E-state index contributed by atoms with van der Waals surface area (Å²) in [6.45, 7) is 1.15. The molecule has 0 aliphatic carbocycles. The van der Waals surface area contributed by atoms with Gasteiger partial charge < -0.3 is 28.3 Å². The van der Waals surface area contributed by atoms with Gasteiger partial charge in [-0.15, -0.1) is 0 Å². The fourth-order valence-electron chi connectivity index (χ4n) is 2.69. The molecule has 0 unspecified atom stereocenters. The Bertz CT molecular complexity index is 1000. The number of rotatable bonds is 4. The van der Waals surface area contributed by atoms with Gasteiger partial charge in [0.15, 0.2) is 16.3 Å². The Morgan fingerprint density at radius 1 is 1.22 bits per heavy atom. The van der Waals surface area contributed by atoms with Crippen LogP contribution in [0, 0.1) is 0 Å². The van der Waals surface area contributed by atoms with E-state index in [9.17, 15) is 9.59 Å². The van der Waals surface area contributed by atoms with Crippen molar-refractivity contribution >= 4 is 33.4 Å². The number of carbonyl (C=O) groups is 2. The van der Waals surface area contributed by atoms with Crippen molar-refractivity contribution in [3.05, 3.63) is 29.0 Å². The average molecular weight is 392 g/mol. The topological polar surface area (TPSA) is 97.6 Å². The lowest BCUT2D eigenvalue weighted by Crippen LogP contribution is -2.21. The molecule has 0 radical (unpaired) electrons. The van der Waals surface area contributed by atoms with Gasteiger partial charge >= 0.3 is 11.9 Å². The molecule has 0 spiro atoms. The fraction of sp³-hybridized carbons (Fsp3) is 0.353. The Labute approximate surface area is 157 Å². The van der Waals surface area contributed by atoms with E-state index in [0.717, 1.165) is 10.2 Å². The zero-order valence-electron chi connectivity index (χ0n) is 14.4. The molecule has 0 atom stereocenters. The van der Waals surface area contributed by atoms with E-state index in [4.69, 9.17) is 23.7 Å². The Balaban J connectivity index is 1.78. The first-order valence-electron chi connectivity index (χ1n) is 8.19. The zero-order valence-corrected chi connectivity index (χ0v) is 15.2. The van der Waals surface area contributed by atoms with E-state index in [1.165, 1.54) is 24.7 Å². The van der Waals surface area contributed by atoms with Crippen LogP contribution >= 0.6 is 11.3 Å². The zero-order chi connectivity index (χ0) is 18.8. The van der Waals surface area contributed by atoms with E-state index in [-0.39, 0.29) is 24.9 Å². The average Bonchev–Trinajstić information content (AvgIpc) is 3.28. The lowest BCUT2D eigenvalue weighted by atomic mass is 10.3. The number of benzene rings is 1. The van der Waals surface area contributed by atoms with Crippen LogP contribution in [0.1, 0.15) is 6.42 Å². The summed E-state index contributed by atoms with van der Waals surface area (Å²) in [4.78, 5) is 28.6. The van der Waals surface area contributed by atoms with E-state index in [1.54, 1.807) is 4.57 Å². The largest absolute Gasteiger partial charge is 0.494 e. The highest BCUT2D eigenvalue weighted by molar-refractivity contribution is 7.16. The number of thiazole rings is 1. The molecule has 10 heteroatoms. The van der Waals surface area contributed by atoms with Crippen molar-refractivity contribution < 1.29 is 33.3 Å². The van der Waals surface area contributed by atoms with Crippen molar-refractivity contribution in [2.45, 2.75) is 13.0 Å². The van der Waals surface area contributed by atoms with Crippen LogP contribution in [-0.4, -0.2) is 43.6 Å². The summed E-state index contributed by atoms with van der Waals surface area (Å²) in [5.41, 5.74) is 0.787. The predicted octanol–water partition coefficient (Wildman–Crippen LogP) is 1.31. The Morgan fingerprint density at radius 2 is 2.04 bits per heavy atom. The summed E-state index contributed by atoms with van der Waals surface area (Å²) in [5.74, 6) is 0.386. The lowest BCUT2D eigenvalue weighted by molar-refractivity contribution is -0.140. The third-order valence-electron chi connectivity index (χ3n) is 4.00. The van der Waals surface area contributed by atoms with Crippen LogP contribution in [0.3, 0.4) is 0 Å². The molecule has 2 aliphatic heterocycles. The maximum Gasteiger partial charge on any atom is 0.317 e. The molecule has 2 aliphatic rings. The fourth-order valence-corrected chi connectivity index (χ4v) is 3.75. The van der Waals surface area contributed by atoms with Gasteiger partial charge in [-0.2, -0.15) is 4.99 Å². The second-order valence-electron chi connectivity index (χ2n) is 5.65. The number of amides is 1. The minimum Gasteiger partial charge on any atom is -0.494 e. The molecule has 3 heterocycles. The number of carbonyl (C=O) groups excluding carboxylic acids is 2. The summed E-state index contributed by atoms with van der Waals surface area (Å²) in [5, 5.41) is 0. The summed E-state index contributed by atoms with van der Waals surface area (Å²) in [6, 6.07) is 3.65. The van der Waals surface area contributed by atoms with Crippen molar-refractivity contribution in [3.8, 4) is 11.5 Å². The maximum absolute atomic E-state index is 12.4. The van der Waals surface area contributed by atoms with Crippen LogP contribution in [0.15, 0.2) is 29.1 Å². The number of hydrogen-bond acceptors (Lipinski definition) is 8. The van der Waals surface area contributed by atoms with Crippen molar-refractivity contribution in [1.29, 1.82) is 0 Å². The Hall–Kier alpha value is -3.01. The smallest absolute Gasteiger partial charge is 0.317 e. The van der Waals surface area contributed by atoms with E-state index < -0.39 is 5.91 Å². The number of aromatic nitrogens is 1. The molecule has 0 saturated heterocycles. The maximum atomic E-state index is 12.4. The van der Waals surface area contributed by atoms with Crippen LogP contribution in [0.5, 0.6) is 11.5 Å². The molecule has 9 nitrogen and oxygen atoms in total. The molecular weight excluding hydrogens is 376 g/mol. The van der Waals surface area contributed by atoms with Crippen LogP contribution in [0.4, 0.5) is 0 Å². The van der Waals surface area contributed by atoms with Crippen LogP contribution in [0.2, 0.25) is 0 Å². The van der Waals surface area contributed by atoms with E-state index in [0.29, 0.717) is 36.1 Å². The standard InChI is InChI=1S/C17H16N2O7S/c1-22-15(20)2-3-19-10-6-11-12(26-9-25-11)7-14(10)27-17(19)18-16(21)13-8-23-4-5-24-13/h6-8H,2-5,9H2,1H3. The molecule has 142 valence electrons. The minimum absolute atomic E-state index is 0.0485. The van der Waals surface area contributed by atoms with Gasteiger partial charge in [0, 0.05) is 18.7 Å². The summed E-state index contributed by atoms with van der Waals surface area (Å²) in [7, 11) is 1.33. The third kappa shape index (κ3) is 3.47.